The quantitative estimate of drug-likeness (QED) is 0.624. The Hall–Kier alpha value is -2.97. The molecule has 0 bridgehead atoms. The molecule has 0 amide bonds. The molecule has 0 saturated carbocycles. The molecule has 1 aliphatic heterocycles. The molecule has 1 fully saturated rings. The summed E-state index contributed by atoms with van der Waals surface area (Å²) in [5, 5.41) is 11.7. The lowest BCUT2D eigenvalue weighted by Gasteiger charge is -2.15. The zero-order valence-electron chi connectivity index (χ0n) is 16.8. The van der Waals surface area contributed by atoms with Gasteiger partial charge in [0.15, 0.2) is 0 Å². The van der Waals surface area contributed by atoms with E-state index in [9.17, 15) is 8.42 Å². The van der Waals surface area contributed by atoms with E-state index in [0.717, 1.165) is 35.4 Å². The van der Waals surface area contributed by atoms with Crippen LogP contribution in [0.3, 0.4) is 0 Å². The number of aromatic nitrogens is 2. The zero-order chi connectivity index (χ0) is 21.0. The maximum absolute atomic E-state index is 12.6. The Kier molecular flexibility index (Phi) is 5.96. The van der Waals surface area contributed by atoms with Crippen molar-refractivity contribution < 1.29 is 13.2 Å². The van der Waals surface area contributed by atoms with Crippen LogP contribution in [-0.2, 0) is 16.6 Å². The molecule has 0 unspecified atom stereocenters. The van der Waals surface area contributed by atoms with Gasteiger partial charge in [-0.15, -0.1) is 10.2 Å². The van der Waals surface area contributed by atoms with Crippen molar-refractivity contribution in [3.8, 4) is 17.0 Å². The molecule has 0 atom stereocenters. The Morgan fingerprint density at radius 1 is 0.933 bits per heavy atom. The second kappa shape index (κ2) is 8.81. The molecule has 1 saturated heterocycles. The fraction of sp³-hybridized carbons (Fsp3) is 0.273. The summed E-state index contributed by atoms with van der Waals surface area (Å²) in [7, 11) is -1.74. The van der Waals surface area contributed by atoms with Crippen LogP contribution in [0.2, 0.25) is 0 Å². The molecular weight excluding hydrogens is 400 g/mol. The molecule has 156 valence electrons. The van der Waals surface area contributed by atoms with Crippen LogP contribution in [0, 0.1) is 0 Å². The van der Waals surface area contributed by atoms with Gasteiger partial charge in [-0.1, -0.05) is 12.1 Å². The summed E-state index contributed by atoms with van der Waals surface area (Å²) in [5.41, 5.74) is 2.71. The van der Waals surface area contributed by atoms with Crippen LogP contribution in [0.25, 0.3) is 11.3 Å². The highest BCUT2D eigenvalue weighted by Gasteiger charge is 2.26. The van der Waals surface area contributed by atoms with Crippen LogP contribution in [-0.4, -0.2) is 43.1 Å². The van der Waals surface area contributed by atoms with Gasteiger partial charge in [-0.05, 0) is 66.9 Å². The monoisotopic (exact) mass is 424 g/mol. The van der Waals surface area contributed by atoms with E-state index in [4.69, 9.17) is 4.74 Å². The van der Waals surface area contributed by atoms with Gasteiger partial charge in [-0.3, -0.25) is 0 Å². The predicted octanol–water partition coefficient (Wildman–Crippen LogP) is 3.55. The number of rotatable bonds is 7. The van der Waals surface area contributed by atoms with Crippen molar-refractivity contribution in [2.24, 2.45) is 0 Å². The molecule has 0 radical (unpaired) electrons. The summed E-state index contributed by atoms with van der Waals surface area (Å²) < 4.78 is 31.9. The largest absolute Gasteiger partial charge is 0.497 e. The fourth-order valence-corrected chi connectivity index (χ4v) is 4.91. The predicted molar refractivity (Wildman–Crippen MR) is 116 cm³/mol. The van der Waals surface area contributed by atoms with E-state index in [1.165, 1.54) is 0 Å². The van der Waals surface area contributed by atoms with Crippen molar-refractivity contribution in [3.05, 3.63) is 66.2 Å². The molecular formula is C22H24N4O3S. The number of nitrogens with one attached hydrogen (secondary N) is 1. The van der Waals surface area contributed by atoms with E-state index in [1.807, 2.05) is 48.5 Å². The lowest BCUT2D eigenvalue weighted by molar-refractivity contribution is 0.415. The highest BCUT2D eigenvalue weighted by Crippen LogP contribution is 2.22. The van der Waals surface area contributed by atoms with E-state index in [-0.39, 0.29) is 0 Å². The number of methoxy groups -OCH3 is 1. The maximum atomic E-state index is 12.6. The summed E-state index contributed by atoms with van der Waals surface area (Å²) in [6, 6.07) is 18.4. The number of hydrogen-bond donors (Lipinski definition) is 1. The van der Waals surface area contributed by atoms with Gasteiger partial charge in [0.05, 0.1) is 17.7 Å². The first kappa shape index (κ1) is 20.3. The minimum atomic E-state index is -3.38. The minimum Gasteiger partial charge on any atom is -0.497 e. The molecule has 7 nitrogen and oxygen atoms in total. The van der Waals surface area contributed by atoms with E-state index >= 15 is 0 Å². The highest BCUT2D eigenvalue weighted by molar-refractivity contribution is 7.89. The molecule has 3 aromatic rings. The molecule has 0 aliphatic carbocycles. The van der Waals surface area contributed by atoms with E-state index in [0.29, 0.717) is 30.3 Å². The van der Waals surface area contributed by atoms with E-state index in [1.54, 1.807) is 23.5 Å². The minimum absolute atomic E-state index is 0.344. The summed E-state index contributed by atoms with van der Waals surface area (Å²) >= 11 is 0. The Morgan fingerprint density at radius 3 is 2.23 bits per heavy atom. The maximum Gasteiger partial charge on any atom is 0.243 e. The van der Waals surface area contributed by atoms with Crippen LogP contribution in [0.4, 0.5) is 5.82 Å². The average Bonchev–Trinajstić information content (AvgIpc) is 3.34. The number of nitrogens with zero attached hydrogens (tertiary/aromatic N) is 3. The van der Waals surface area contributed by atoms with Gasteiger partial charge in [0, 0.05) is 25.2 Å². The normalized spacial score (nSPS) is 14.6. The Bertz CT molecular complexity index is 1080. The molecule has 1 N–H and O–H groups in total. The standard InChI is InChI=1S/C22H24N4O3S/c1-29-19-8-6-18(7-9-19)21-12-13-22(25-24-21)23-16-17-4-10-20(11-5-17)30(27,28)26-14-2-3-15-26/h4-13H,2-3,14-16H2,1H3,(H,23,25). The third-order valence-electron chi connectivity index (χ3n) is 5.15. The number of ether oxygens (including phenoxy) is 1. The van der Waals surface area contributed by atoms with Crippen molar-refractivity contribution in [2.75, 3.05) is 25.5 Å². The van der Waals surface area contributed by atoms with Crippen molar-refractivity contribution in [3.63, 3.8) is 0 Å². The third kappa shape index (κ3) is 4.44. The van der Waals surface area contributed by atoms with Gasteiger partial charge in [0.2, 0.25) is 10.0 Å². The van der Waals surface area contributed by atoms with Crippen LogP contribution in [0.15, 0.2) is 65.6 Å². The zero-order valence-corrected chi connectivity index (χ0v) is 17.6. The van der Waals surface area contributed by atoms with Crippen molar-refractivity contribution in [2.45, 2.75) is 24.3 Å². The molecule has 4 rings (SSSR count). The van der Waals surface area contributed by atoms with E-state index in [2.05, 4.69) is 15.5 Å². The summed E-state index contributed by atoms with van der Waals surface area (Å²) in [6.45, 7) is 1.74. The highest BCUT2D eigenvalue weighted by atomic mass is 32.2. The molecule has 8 heteroatoms. The number of benzene rings is 2. The Morgan fingerprint density at radius 2 is 1.63 bits per heavy atom. The van der Waals surface area contributed by atoms with Gasteiger partial charge in [-0.2, -0.15) is 4.31 Å². The van der Waals surface area contributed by atoms with Crippen molar-refractivity contribution >= 4 is 15.8 Å². The lowest BCUT2D eigenvalue weighted by atomic mass is 10.1. The van der Waals surface area contributed by atoms with Crippen LogP contribution in [0.1, 0.15) is 18.4 Å². The Balaban J connectivity index is 1.37. The lowest BCUT2D eigenvalue weighted by Crippen LogP contribution is -2.27. The van der Waals surface area contributed by atoms with E-state index < -0.39 is 10.0 Å². The topological polar surface area (TPSA) is 84.4 Å². The smallest absolute Gasteiger partial charge is 0.243 e. The number of anilines is 1. The number of sulfonamides is 1. The number of hydrogen-bond acceptors (Lipinski definition) is 6. The van der Waals surface area contributed by atoms with Crippen LogP contribution in [0.5, 0.6) is 5.75 Å². The van der Waals surface area contributed by atoms with Crippen LogP contribution < -0.4 is 10.1 Å². The van der Waals surface area contributed by atoms with Crippen molar-refractivity contribution in [1.29, 1.82) is 0 Å². The van der Waals surface area contributed by atoms with Gasteiger partial charge in [0.1, 0.15) is 11.6 Å². The summed E-state index contributed by atoms with van der Waals surface area (Å²) in [5.74, 6) is 1.45. The van der Waals surface area contributed by atoms with Crippen molar-refractivity contribution in [1.82, 2.24) is 14.5 Å². The Labute approximate surface area is 176 Å². The SMILES string of the molecule is COc1ccc(-c2ccc(NCc3ccc(S(=O)(=O)N4CCCC4)cc3)nn2)cc1. The second-order valence-corrected chi connectivity index (χ2v) is 9.08. The summed E-state index contributed by atoms with van der Waals surface area (Å²) in [6.07, 6.45) is 1.86. The molecule has 30 heavy (non-hydrogen) atoms. The van der Waals surface area contributed by atoms with Gasteiger partial charge in [0.25, 0.3) is 0 Å². The first-order chi connectivity index (χ1) is 14.6. The summed E-state index contributed by atoms with van der Waals surface area (Å²) in [4.78, 5) is 0.344. The first-order valence-electron chi connectivity index (χ1n) is 9.87. The average molecular weight is 425 g/mol. The fourth-order valence-electron chi connectivity index (χ4n) is 3.39. The third-order valence-corrected chi connectivity index (χ3v) is 7.06. The first-order valence-corrected chi connectivity index (χ1v) is 11.3. The molecule has 2 heterocycles. The molecule has 1 aliphatic rings. The van der Waals surface area contributed by atoms with Gasteiger partial charge in [-0.25, -0.2) is 8.42 Å². The molecule has 1 aromatic heterocycles. The van der Waals surface area contributed by atoms with Gasteiger partial charge >= 0.3 is 0 Å². The van der Waals surface area contributed by atoms with Crippen LogP contribution >= 0.6 is 0 Å². The molecule has 2 aromatic carbocycles. The van der Waals surface area contributed by atoms with Gasteiger partial charge < -0.3 is 10.1 Å². The second-order valence-electron chi connectivity index (χ2n) is 7.14. The molecule has 0 spiro atoms.